The van der Waals surface area contributed by atoms with Gasteiger partial charge in [0, 0.05) is 24.3 Å². The highest BCUT2D eigenvalue weighted by atomic mass is 35.5. The molecular formula is C19H14Cl2N6O. The number of urea groups is 1. The van der Waals surface area contributed by atoms with Crippen molar-refractivity contribution in [3.8, 4) is 5.69 Å². The molecule has 4 aromatic rings. The van der Waals surface area contributed by atoms with Gasteiger partial charge in [0.05, 0.1) is 33.6 Å². The molecule has 0 atom stereocenters. The maximum absolute atomic E-state index is 12.2. The van der Waals surface area contributed by atoms with Crippen molar-refractivity contribution in [2.24, 2.45) is 0 Å². The molecule has 3 aromatic heterocycles. The summed E-state index contributed by atoms with van der Waals surface area (Å²) in [4.78, 5) is 20.5. The molecule has 0 saturated heterocycles. The summed E-state index contributed by atoms with van der Waals surface area (Å²) in [6.45, 7) is 0.310. The van der Waals surface area contributed by atoms with Gasteiger partial charge in [-0.3, -0.25) is 10.3 Å². The largest absolute Gasteiger partial charge is 0.334 e. The summed E-state index contributed by atoms with van der Waals surface area (Å²) in [5.41, 5.74) is 2.55. The van der Waals surface area contributed by atoms with Crippen LogP contribution in [0.25, 0.3) is 16.6 Å². The minimum absolute atomic E-state index is 0.310. The Balaban J connectivity index is 1.44. The van der Waals surface area contributed by atoms with Crippen molar-refractivity contribution in [3.63, 3.8) is 0 Å². The highest BCUT2D eigenvalue weighted by molar-refractivity contribution is 6.42. The maximum Gasteiger partial charge on any atom is 0.320 e. The summed E-state index contributed by atoms with van der Waals surface area (Å²) in [6, 6.07) is 10.3. The zero-order valence-corrected chi connectivity index (χ0v) is 15.9. The van der Waals surface area contributed by atoms with Crippen molar-refractivity contribution < 1.29 is 4.79 Å². The summed E-state index contributed by atoms with van der Waals surface area (Å²) in [6.07, 6.45) is 6.78. The SMILES string of the molecule is O=C(NCc1ccc(Cl)c(Cl)c1)Nc1cc2cnn(-c3ccncc3)c2cn1. The van der Waals surface area contributed by atoms with E-state index in [0.717, 1.165) is 22.2 Å². The summed E-state index contributed by atoms with van der Waals surface area (Å²) in [5, 5.41) is 11.6. The highest BCUT2D eigenvalue weighted by Gasteiger charge is 2.09. The van der Waals surface area contributed by atoms with Crippen LogP contribution in [0.4, 0.5) is 10.6 Å². The molecule has 0 spiro atoms. The molecule has 4 rings (SSSR count). The third-order valence-corrected chi connectivity index (χ3v) is 4.78. The van der Waals surface area contributed by atoms with Crippen molar-refractivity contribution in [2.45, 2.75) is 6.54 Å². The molecule has 0 aliphatic carbocycles. The zero-order valence-electron chi connectivity index (χ0n) is 14.4. The molecule has 140 valence electrons. The first kappa shape index (κ1) is 18.2. The van der Waals surface area contributed by atoms with Crippen LogP contribution >= 0.6 is 23.2 Å². The van der Waals surface area contributed by atoms with Crippen LogP contribution in [-0.2, 0) is 6.54 Å². The molecule has 28 heavy (non-hydrogen) atoms. The predicted octanol–water partition coefficient (Wildman–Crippen LogP) is 4.44. The molecule has 0 aliphatic heterocycles. The molecule has 3 heterocycles. The lowest BCUT2D eigenvalue weighted by Gasteiger charge is -2.08. The van der Waals surface area contributed by atoms with Crippen LogP contribution in [0.1, 0.15) is 5.56 Å². The molecular weight excluding hydrogens is 399 g/mol. The van der Waals surface area contributed by atoms with E-state index in [1.54, 1.807) is 53.7 Å². The van der Waals surface area contributed by atoms with E-state index in [-0.39, 0.29) is 6.03 Å². The van der Waals surface area contributed by atoms with E-state index in [0.29, 0.717) is 22.4 Å². The Morgan fingerprint density at radius 3 is 2.64 bits per heavy atom. The Labute approximate surface area is 170 Å². The van der Waals surface area contributed by atoms with Crippen molar-refractivity contribution in [3.05, 3.63) is 76.8 Å². The average molecular weight is 413 g/mol. The van der Waals surface area contributed by atoms with E-state index in [2.05, 4.69) is 25.7 Å². The molecule has 9 heteroatoms. The Kier molecular flexibility index (Phi) is 5.10. The fourth-order valence-electron chi connectivity index (χ4n) is 2.68. The third-order valence-electron chi connectivity index (χ3n) is 4.04. The highest BCUT2D eigenvalue weighted by Crippen LogP contribution is 2.22. The summed E-state index contributed by atoms with van der Waals surface area (Å²) >= 11 is 11.9. The smallest absolute Gasteiger partial charge is 0.320 e. The lowest BCUT2D eigenvalue weighted by molar-refractivity contribution is 0.251. The van der Waals surface area contributed by atoms with E-state index in [4.69, 9.17) is 23.2 Å². The number of halogens is 2. The number of anilines is 1. The van der Waals surface area contributed by atoms with E-state index >= 15 is 0 Å². The predicted molar refractivity (Wildman–Crippen MR) is 109 cm³/mol. The molecule has 2 N–H and O–H groups in total. The number of carbonyl (C=O) groups excluding carboxylic acids is 1. The number of fused-ring (bicyclic) bond motifs is 1. The molecule has 0 radical (unpaired) electrons. The molecule has 2 amide bonds. The number of nitrogens with one attached hydrogen (secondary N) is 2. The number of benzene rings is 1. The lowest BCUT2D eigenvalue weighted by atomic mass is 10.2. The number of rotatable bonds is 4. The maximum atomic E-state index is 12.2. The van der Waals surface area contributed by atoms with Gasteiger partial charge in [-0.1, -0.05) is 29.3 Å². The molecule has 7 nitrogen and oxygen atoms in total. The second-order valence-corrected chi connectivity index (χ2v) is 6.76. The number of hydrogen-bond acceptors (Lipinski definition) is 4. The minimum Gasteiger partial charge on any atom is -0.334 e. The Morgan fingerprint density at radius 1 is 1.04 bits per heavy atom. The van der Waals surface area contributed by atoms with Crippen LogP contribution in [0.15, 0.2) is 61.2 Å². The third kappa shape index (κ3) is 3.90. The molecule has 0 unspecified atom stereocenters. The standard InChI is InChI=1S/C19H14Cl2N6O/c20-15-2-1-12(7-16(15)21)9-24-19(28)26-18-8-13-10-25-27(17(13)11-23-18)14-3-5-22-6-4-14/h1-8,10-11H,9H2,(H2,23,24,26,28). The zero-order chi connectivity index (χ0) is 19.5. The quantitative estimate of drug-likeness (QED) is 0.518. The molecule has 0 fully saturated rings. The number of hydrogen-bond donors (Lipinski definition) is 2. The summed E-state index contributed by atoms with van der Waals surface area (Å²) < 4.78 is 1.76. The van der Waals surface area contributed by atoms with Gasteiger partial charge >= 0.3 is 6.03 Å². The molecule has 0 bridgehead atoms. The Bertz CT molecular complexity index is 1150. The van der Waals surface area contributed by atoms with Gasteiger partial charge in [-0.25, -0.2) is 14.5 Å². The summed E-state index contributed by atoms with van der Waals surface area (Å²) in [7, 11) is 0. The van der Waals surface area contributed by atoms with Gasteiger partial charge in [0.15, 0.2) is 0 Å². The first-order valence-corrected chi connectivity index (χ1v) is 9.09. The number of pyridine rings is 2. The molecule has 0 saturated carbocycles. The minimum atomic E-state index is -0.376. The van der Waals surface area contributed by atoms with Gasteiger partial charge < -0.3 is 5.32 Å². The summed E-state index contributed by atoms with van der Waals surface area (Å²) in [5.74, 6) is 0.424. The average Bonchev–Trinajstić information content (AvgIpc) is 3.13. The van der Waals surface area contributed by atoms with Crippen LogP contribution in [0.2, 0.25) is 10.0 Å². The second kappa shape index (κ2) is 7.84. The molecule has 1 aromatic carbocycles. The van der Waals surface area contributed by atoms with E-state index in [1.165, 1.54) is 0 Å². The lowest BCUT2D eigenvalue weighted by Crippen LogP contribution is -2.28. The number of amides is 2. The van der Waals surface area contributed by atoms with Crippen LogP contribution in [0, 0.1) is 0 Å². The van der Waals surface area contributed by atoms with Gasteiger partial charge in [-0.05, 0) is 35.9 Å². The van der Waals surface area contributed by atoms with Crippen LogP contribution < -0.4 is 10.6 Å². The normalized spacial score (nSPS) is 10.8. The van der Waals surface area contributed by atoms with Crippen LogP contribution in [0.3, 0.4) is 0 Å². The van der Waals surface area contributed by atoms with Gasteiger partial charge in [0.25, 0.3) is 0 Å². The topological polar surface area (TPSA) is 84.7 Å². The van der Waals surface area contributed by atoms with Crippen LogP contribution in [0.5, 0.6) is 0 Å². The fourth-order valence-corrected chi connectivity index (χ4v) is 3.00. The van der Waals surface area contributed by atoms with Crippen LogP contribution in [-0.4, -0.2) is 25.8 Å². The first-order chi connectivity index (χ1) is 13.6. The number of nitrogens with zero attached hydrogens (tertiary/aromatic N) is 4. The van der Waals surface area contributed by atoms with Crippen molar-refractivity contribution in [1.82, 2.24) is 25.1 Å². The van der Waals surface area contributed by atoms with E-state index in [9.17, 15) is 4.79 Å². The van der Waals surface area contributed by atoms with Gasteiger partial charge in [0.2, 0.25) is 0 Å². The van der Waals surface area contributed by atoms with Crippen molar-refractivity contribution in [1.29, 1.82) is 0 Å². The number of carbonyl (C=O) groups is 1. The fraction of sp³-hybridized carbons (Fsp3) is 0.0526. The van der Waals surface area contributed by atoms with Gasteiger partial charge in [-0.15, -0.1) is 0 Å². The Hall–Kier alpha value is -3.16. The van der Waals surface area contributed by atoms with Crippen molar-refractivity contribution >= 4 is 46.0 Å². The van der Waals surface area contributed by atoms with Gasteiger partial charge in [-0.2, -0.15) is 5.10 Å². The Morgan fingerprint density at radius 2 is 1.86 bits per heavy atom. The molecule has 0 aliphatic rings. The van der Waals surface area contributed by atoms with E-state index in [1.807, 2.05) is 12.1 Å². The van der Waals surface area contributed by atoms with Gasteiger partial charge in [0.1, 0.15) is 5.82 Å². The number of aromatic nitrogens is 4. The second-order valence-electron chi connectivity index (χ2n) is 5.95. The van der Waals surface area contributed by atoms with E-state index < -0.39 is 0 Å². The first-order valence-electron chi connectivity index (χ1n) is 8.33. The van der Waals surface area contributed by atoms with Crippen molar-refractivity contribution in [2.75, 3.05) is 5.32 Å². The monoisotopic (exact) mass is 412 g/mol.